The Morgan fingerprint density at radius 2 is 2.05 bits per heavy atom. The van der Waals surface area contributed by atoms with Crippen molar-refractivity contribution in [2.24, 2.45) is 5.73 Å². The number of fused-ring (bicyclic) bond motifs is 1. The lowest BCUT2D eigenvalue weighted by Gasteiger charge is -2.09. The van der Waals surface area contributed by atoms with Crippen LogP contribution in [-0.2, 0) is 6.54 Å². The van der Waals surface area contributed by atoms with Gasteiger partial charge in [0.1, 0.15) is 0 Å². The Balaban J connectivity index is 2.28. The number of thiophene rings is 1. The smallest absolute Gasteiger partial charge is 0.163 e. The van der Waals surface area contributed by atoms with Crippen LogP contribution in [0, 0.1) is 0 Å². The Labute approximate surface area is 137 Å². The molecule has 0 saturated heterocycles. The molecule has 5 nitrogen and oxygen atoms in total. The molecule has 0 aliphatic heterocycles. The van der Waals surface area contributed by atoms with E-state index >= 15 is 0 Å². The van der Waals surface area contributed by atoms with E-state index in [1.807, 2.05) is 34.2 Å². The molecule has 2 heterocycles. The van der Waals surface area contributed by atoms with E-state index < -0.39 is 0 Å². The van der Waals surface area contributed by atoms with E-state index in [4.69, 9.17) is 32.4 Å². The van der Waals surface area contributed by atoms with Crippen molar-refractivity contribution in [2.75, 3.05) is 14.2 Å². The number of methoxy groups -OCH3 is 2. The summed E-state index contributed by atoms with van der Waals surface area (Å²) in [6.07, 6.45) is 0. The molecule has 2 aromatic heterocycles. The lowest BCUT2D eigenvalue weighted by Crippen LogP contribution is -2.17. The number of rotatable bonds is 5. The maximum Gasteiger partial charge on any atom is 0.163 e. The second-order valence-electron chi connectivity index (χ2n) is 4.66. The van der Waals surface area contributed by atoms with Gasteiger partial charge in [0.15, 0.2) is 17.3 Å². The number of aromatic nitrogens is 2. The predicted octanol–water partition coefficient (Wildman–Crippen LogP) is 3.07. The summed E-state index contributed by atoms with van der Waals surface area (Å²) in [5, 5.41) is 2.01. The van der Waals surface area contributed by atoms with Crippen LogP contribution < -0.4 is 15.2 Å². The van der Waals surface area contributed by atoms with Crippen molar-refractivity contribution in [1.29, 1.82) is 0 Å². The first kappa shape index (κ1) is 14.8. The van der Waals surface area contributed by atoms with Crippen LogP contribution >= 0.6 is 23.6 Å². The van der Waals surface area contributed by atoms with Crippen molar-refractivity contribution in [1.82, 2.24) is 9.55 Å². The second kappa shape index (κ2) is 5.94. The fourth-order valence-corrected chi connectivity index (χ4v) is 3.21. The zero-order chi connectivity index (χ0) is 15.7. The van der Waals surface area contributed by atoms with Gasteiger partial charge < -0.3 is 19.8 Å². The molecule has 0 amide bonds. The van der Waals surface area contributed by atoms with Crippen LogP contribution in [0.25, 0.3) is 21.7 Å². The number of nitrogens with two attached hydrogens (primary N) is 1. The minimum Gasteiger partial charge on any atom is -0.493 e. The van der Waals surface area contributed by atoms with Crippen molar-refractivity contribution < 1.29 is 9.47 Å². The normalized spacial score (nSPS) is 10.8. The summed E-state index contributed by atoms with van der Waals surface area (Å²) in [6.45, 7) is 0.425. The highest BCUT2D eigenvalue weighted by Gasteiger charge is 2.17. The van der Waals surface area contributed by atoms with Crippen LogP contribution in [0.3, 0.4) is 0 Å². The molecule has 114 valence electrons. The van der Waals surface area contributed by atoms with Gasteiger partial charge in [-0.25, -0.2) is 4.98 Å². The van der Waals surface area contributed by atoms with E-state index in [-0.39, 0.29) is 0 Å². The minimum absolute atomic E-state index is 0.409. The van der Waals surface area contributed by atoms with Crippen molar-refractivity contribution in [3.05, 3.63) is 29.6 Å². The lowest BCUT2D eigenvalue weighted by atomic mass is 10.2. The number of imidazole rings is 1. The Kier molecular flexibility index (Phi) is 4.00. The molecule has 0 aliphatic rings. The maximum atomic E-state index is 5.75. The van der Waals surface area contributed by atoms with E-state index in [0.29, 0.717) is 23.0 Å². The molecule has 0 saturated carbocycles. The average molecular weight is 333 g/mol. The average Bonchev–Trinajstić information content (AvgIpc) is 3.13. The monoisotopic (exact) mass is 333 g/mol. The highest BCUT2D eigenvalue weighted by Crippen LogP contribution is 2.35. The molecule has 0 spiro atoms. The molecule has 0 atom stereocenters. The van der Waals surface area contributed by atoms with Gasteiger partial charge in [-0.1, -0.05) is 18.3 Å². The van der Waals surface area contributed by atoms with Crippen LogP contribution in [0.5, 0.6) is 11.5 Å². The van der Waals surface area contributed by atoms with Crippen LogP contribution in [0.2, 0.25) is 0 Å². The number of hydrogen-bond acceptors (Lipinski definition) is 5. The van der Waals surface area contributed by atoms with Gasteiger partial charge in [-0.15, -0.1) is 11.3 Å². The highest BCUT2D eigenvalue weighted by atomic mass is 32.1. The molecule has 22 heavy (non-hydrogen) atoms. The fourth-order valence-electron chi connectivity index (χ4n) is 2.36. The first-order valence-corrected chi connectivity index (χ1v) is 7.87. The molecule has 3 rings (SSSR count). The zero-order valence-electron chi connectivity index (χ0n) is 12.2. The molecule has 1 aromatic carbocycles. The number of thiocarbonyl (C=S) groups is 1. The minimum atomic E-state index is 0.409. The van der Waals surface area contributed by atoms with Crippen LogP contribution in [-0.4, -0.2) is 28.8 Å². The van der Waals surface area contributed by atoms with Gasteiger partial charge in [-0.2, -0.15) is 0 Å². The number of ether oxygens (including phenoxy) is 2. The molecule has 0 aliphatic carbocycles. The second-order valence-corrected chi connectivity index (χ2v) is 6.13. The van der Waals surface area contributed by atoms with Gasteiger partial charge in [0.05, 0.1) is 41.7 Å². The summed E-state index contributed by atoms with van der Waals surface area (Å²) in [5.74, 6) is 2.14. The van der Waals surface area contributed by atoms with Gasteiger partial charge in [0.25, 0.3) is 0 Å². The first-order valence-electron chi connectivity index (χ1n) is 6.58. The third-order valence-corrected chi connectivity index (χ3v) is 4.30. The number of hydrogen-bond donors (Lipinski definition) is 1. The Morgan fingerprint density at radius 1 is 1.32 bits per heavy atom. The summed E-state index contributed by atoms with van der Waals surface area (Å²) >= 11 is 6.70. The molecule has 0 fully saturated rings. The Hall–Kier alpha value is -2.12. The summed E-state index contributed by atoms with van der Waals surface area (Å²) in [7, 11) is 3.22. The van der Waals surface area contributed by atoms with E-state index in [1.54, 1.807) is 25.6 Å². The van der Waals surface area contributed by atoms with Crippen molar-refractivity contribution in [2.45, 2.75) is 6.54 Å². The van der Waals surface area contributed by atoms with Crippen LogP contribution in [0.15, 0.2) is 29.6 Å². The van der Waals surface area contributed by atoms with E-state index in [9.17, 15) is 0 Å². The van der Waals surface area contributed by atoms with Gasteiger partial charge in [-0.3, -0.25) is 0 Å². The van der Waals surface area contributed by atoms with Gasteiger partial charge >= 0.3 is 0 Å². The largest absolute Gasteiger partial charge is 0.493 e. The van der Waals surface area contributed by atoms with Gasteiger partial charge in [-0.05, 0) is 11.4 Å². The quantitative estimate of drug-likeness (QED) is 0.727. The van der Waals surface area contributed by atoms with E-state index in [2.05, 4.69) is 0 Å². The third kappa shape index (κ3) is 2.53. The molecule has 0 unspecified atom stereocenters. The van der Waals surface area contributed by atoms with E-state index in [1.165, 1.54) is 0 Å². The topological polar surface area (TPSA) is 62.3 Å². The number of nitrogens with zero attached hydrogens (tertiary/aromatic N) is 2. The van der Waals surface area contributed by atoms with Crippen LogP contribution in [0.4, 0.5) is 0 Å². The molecule has 0 bridgehead atoms. The predicted molar refractivity (Wildman–Crippen MR) is 92.9 cm³/mol. The zero-order valence-corrected chi connectivity index (χ0v) is 13.8. The van der Waals surface area contributed by atoms with Gasteiger partial charge in [0, 0.05) is 12.1 Å². The molecular formula is C15H15N3O2S2. The summed E-state index contributed by atoms with van der Waals surface area (Å²) < 4.78 is 12.7. The van der Waals surface area contributed by atoms with E-state index in [0.717, 1.165) is 21.7 Å². The first-order chi connectivity index (χ1) is 10.6. The van der Waals surface area contributed by atoms with Crippen molar-refractivity contribution >= 4 is 39.6 Å². The summed E-state index contributed by atoms with van der Waals surface area (Å²) in [6, 6.07) is 7.78. The molecule has 0 radical (unpaired) electrons. The SMILES string of the molecule is COc1cc2nc(-c3cccs3)n(CC(N)=S)c2cc1OC. The van der Waals surface area contributed by atoms with Crippen LogP contribution in [0.1, 0.15) is 0 Å². The fraction of sp³-hybridized carbons (Fsp3) is 0.200. The standard InChI is InChI=1S/C15H15N3O2S2/c1-19-11-6-9-10(7-12(11)20-2)18(8-14(16)21)15(17-9)13-4-3-5-22-13/h3-7H,8H2,1-2H3,(H2,16,21). The maximum absolute atomic E-state index is 5.75. The summed E-state index contributed by atoms with van der Waals surface area (Å²) in [4.78, 5) is 6.18. The molecular weight excluding hydrogens is 318 g/mol. The Bertz CT molecular complexity index is 825. The highest BCUT2D eigenvalue weighted by molar-refractivity contribution is 7.80. The molecule has 2 N–H and O–H groups in total. The number of benzene rings is 1. The van der Waals surface area contributed by atoms with Crippen molar-refractivity contribution in [3.8, 4) is 22.2 Å². The Morgan fingerprint density at radius 3 is 2.64 bits per heavy atom. The van der Waals surface area contributed by atoms with Crippen molar-refractivity contribution in [3.63, 3.8) is 0 Å². The lowest BCUT2D eigenvalue weighted by molar-refractivity contribution is 0.355. The third-order valence-electron chi connectivity index (χ3n) is 3.31. The molecule has 3 aromatic rings. The molecule has 7 heteroatoms. The summed E-state index contributed by atoms with van der Waals surface area (Å²) in [5.41, 5.74) is 7.48. The van der Waals surface area contributed by atoms with Gasteiger partial charge in [0.2, 0.25) is 0 Å².